The molecule has 2 aromatic carbocycles. The monoisotopic (exact) mass is 283 g/mol. The summed E-state index contributed by atoms with van der Waals surface area (Å²) in [5, 5.41) is 11.2. The van der Waals surface area contributed by atoms with E-state index in [1.165, 1.54) is 4.90 Å². The van der Waals surface area contributed by atoms with Gasteiger partial charge in [0.15, 0.2) is 0 Å². The van der Waals surface area contributed by atoms with Gasteiger partial charge in [-0.25, -0.2) is 0 Å². The lowest BCUT2D eigenvalue weighted by Crippen LogP contribution is -2.46. The minimum atomic E-state index is -0.562. The molecule has 0 bridgehead atoms. The summed E-state index contributed by atoms with van der Waals surface area (Å²) in [6, 6.07) is 10.6. The summed E-state index contributed by atoms with van der Waals surface area (Å²) in [6.45, 7) is 3.45. The second-order valence-electron chi connectivity index (χ2n) is 5.62. The summed E-state index contributed by atoms with van der Waals surface area (Å²) in [4.78, 5) is 26.6. The Labute approximate surface area is 123 Å². The topological polar surface area (TPSA) is 57.6 Å². The van der Waals surface area contributed by atoms with E-state index in [1.54, 1.807) is 26.0 Å². The van der Waals surface area contributed by atoms with Crippen molar-refractivity contribution in [3.05, 3.63) is 47.5 Å². The fraction of sp³-hybridized carbons (Fsp3) is 0.294. The van der Waals surface area contributed by atoms with E-state index in [0.717, 1.165) is 10.8 Å². The Kier molecular flexibility index (Phi) is 3.26. The van der Waals surface area contributed by atoms with E-state index in [4.69, 9.17) is 0 Å². The Hall–Kier alpha value is -2.20. The standard InChI is InChI=1S/C17H17NO3/c1-10(9-11(2)19)18-16(20)13-7-3-5-12-6-4-8-14(15(12)13)17(18)21/h3-8,10-11,19H,9H2,1-2H3. The normalized spacial score (nSPS) is 17.2. The van der Waals surface area contributed by atoms with Gasteiger partial charge in [-0.3, -0.25) is 14.5 Å². The zero-order valence-electron chi connectivity index (χ0n) is 12.0. The molecule has 1 heterocycles. The van der Waals surface area contributed by atoms with Crippen LogP contribution in [0.25, 0.3) is 10.8 Å². The highest BCUT2D eigenvalue weighted by molar-refractivity contribution is 6.25. The van der Waals surface area contributed by atoms with Crippen molar-refractivity contribution in [1.82, 2.24) is 4.90 Å². The highest BCUT2D eigenvalue weighted by Crippen LogP contribution is 2.31. The molecule has 108 valence electrons. The van der Waals surface area contributed by atoms with Crippen LogP contribution in [0.4, 0.5) is 0 Å². The third-order valence-corrected chi connectivity index (χ3v) is 3.93. The first-order valence-electron chi connectivity index (χ1n) is 7.08. The molecule has 2 aromatic rings. The van der Waals surface area contributed by atoms with Crippen molar-refractivity contribution in [2.45, 2.75) is 32.4 Å². The summed E-state index contributed by atoms with van der Waals surface area (Å²) in [6.07, 6.45) is -0.191. The minimum Gasteiger partial charge on any atom is -0.393 e. The second-order valence-corrected chi connectivity index (χ2v) is 5.62. The number of rotatable bonds is 3. The number of hydrogen-bond acceptors (Lipinski definition) is 3. The number of imide groups is 1. The van der Waals surface area contributed by atoms with E-state index in [-0.39, 0.29) is 17.9 Å². The first-order chi connectivity index (χ1) is 10.0. The molecule has 0 radical (unpaired) electrons. The van der Waals surface area contributed by atoms with E-state index in [0.29, 0.717) is 17.5 Å². The van der Waals surface area contributed by atoms with Crippen LogP contribution in [0.3, 0.4) is 0 Å². The molecule has 2 unspecified atom stereocenters. The van der Waals surface area contributed by atoms with Crippen molar-refractivity contribution < 1.29 is 14.7 Å². The van der Waals surface area contributed by atoms with Gasteiger partial charge < -0.3 is 5.11 Å². The van der Waals surface area contributed by atoms with Crippen molar-refractivity contribution in [2.75, 3.05) is 0 Å². The van der Waals surface area contributed by atoms with E-state index < -0.39 is 6.10 Å². The smallest absolute Gasteiger partial charge is 0.261 e. The number of carbonyl (C=O) groups excluding carboxylic acids is 2. The van der Waals surface area contributed by atoms with Gasteiger partial charge in [0.25, 0.3) is 11.8 Å². The Morgan fingerprint density at radius 3 is 2.00 bits per heavy atom. The maximum atomic E-state index is 12.7. The summed E-state index contributed by atoms with van der Waals surface area (Å²) >= 11 is 0. The molecule has 0 aliphatic carbocycles. The first kappa shape index (κ1) is 13.8. The largest absolute Gasteiger partial charge is 0.393 e. The van der Waals surface area contributed by atoms with E-state index in [2.05, 4.69) is 0 Å². The second kappa shape index (κ2) is 4.97. The predicted molar refractivity (Wildman–Crippen MR) is 80.2 cm³/mol. The Balaban J connectivity index is 2.15. The number of aliphatic hydroxyl groups excluding tert-OH is 1. The van der Waals surface area contributed by atoms with Crippen molar-refractivity contribution in [2.24, 2.45) is 0 Å². The van der Waals surface area contributed by atoms with Gasteiger partial charge in [0, 0.05) is 22.6 Å². The molecule has 4 nitrogen and oxygen atoms in total. The Morgan fingerprint density at radius 1 is 1.00 bits per heavy atom. The molecule has 0 saturated heterocycles. The van der Waals surface area contributed by atoms with E-state index in [9.17, 15) is 14.7 Å². The summed E-state index contributed by atoms with van der Waals surface area (Å²) in [5.74, 6) is -0.560. The third-order valence-electron chi connectivity index (χ3n) is 3.93. The van der Waals surface area contributed by atoms with Crippen LogP contribution in [0.5, 0.6) is 0 Å². The van der Waals surface area contributed by atoms with Gasteiger partial charge in [0.05, 0.1) is 6.10 Å². The molecule has 1 N–H and O–H groups in total. The first-order valence-corrected chi connectivity index (χ1v) is 7.08. The van der Waals surface area contributed by atoms with Gasteiger partial charge in [-0.2, -0.15) is 0 Å². The lowest BCUT2D eigenvalue weighted by Gasteiger charge is -2.32. The lowest BCUT2D eigenvalue weighted by atomic mass is 9.92. The van der Waals surface area contributed by atoms with Gasteiger partial charge in [0.1, 0.15) is 0 Å². The summed E-state index contributed by atoms with van der Waals surface area (Å²) in [5.41, 5.74) is 1.11. The molecule has 1 aliphatic heterocycles. The molecule has 0 saturated carbocycles. The number of amides is 2. The molecule has 4 heteroatoms. The molecule has 2 atom stereocenters. The van der Waals surface area contributed by atoms with Crippen LogP contribution in [0.2, 0.25) is 0 Å². The summed E-state index contributed by atoms with van der Waals surface area (Å²) in [7, 11) is 0. The van der Waals surface area contributed by atoms with Gasteiger partial charge in [-0.1, -0.05) is 24.3 Å². The maximum absolute atomic E-state index is 12.7. The fourth-order valence-electron chi connectivity index (χ4n) is 3.05. The van der Waals surface area contributed by atoms with Gasteiger partial charge in [0.2, 0.25) is 0 Å². The maximum Gasteiger partial charge on any atom is 0.261 e. The molecule has 21 heavy (non-hydrogen) atoms. The average Bonchev–Trinajstić information content (AvgIpc) is 2.44. The van der Waals surface area contributed by atoms with Crippen LogP contribution in [-0.4, -0.2) is 34.0 Å². The molecule has 3 rings (SSSR count). The zero-order valence-corrected chi connectivity index (χ0v) is 12.0. The van der Waals surface area contributed by atoms with Crippen molar-refractivity contribution in [3.8, 4) is 0 Å². The van der Waals surface area contributed by atoms with Gasteiger partial charge in [-0.15, -0.1) is 0 Å². The fourth-order valence-corrected chi connectivity index (χ4v) is 3.05. The number of hydrogen-bond donors (Lipinski definition) is 1. The molecular formula is C17H17NO3. The highest BCUT2D eigenvalue weighted by atomic mass is 16.3. The minimum absolute atomic E-state index is 0.280. The Morgan fingerprint density at radius 2 is 1.52 bits per heavy atom. The summed E-state index contributed by atoms with van der Waals surface area (Å²) < 4.78 is 0. The Bertz CT molecular complexity index is 685. The van der Waals surface area contributed by atoms with Crippen LogP contribution in [0.15, 0.2) is 36.4 Å². The average molecular weight is 283 g/mol. The number of carbonyl (C=O) groups is 2. The lowest BCUT2D eigenvalue weighted by molar-refractivity contribution is 0.0501. The van der Waals surface area contributed by atoms with Crippen molar-refractivity contribution in [3.63, 3.8) is 0 Å². The van der Waals surface area contributed by atoms with Gasteiger partial charge in [-0.05, 0) is 37.8 Å². The molecular weight excluding hydrogens is 266 g/mol. The van der Waals surface area contributed by atoms with Crippen LogP contribution in [0.1, 0.15) is 41.0 Å². The zero-order chi connectivity index (χ0) is 15.1. The number of benzene rings is 2. The molecule has 1 aliphatic rings. The van der Waals surface area contributed by atoms with Crippen molar-refractivity contribution >= 4 is 22.6 Å². The highest BCUT2D eigenvalue weighted by Gasteiger charge is 2.35. The van der Waals surface area contributed by atoms with Crippen LogP contribution in [-0.2, 0) is 0 Å². The number of nitrogens with zero attached hydrogens (tertiary/aromatic N) is 1. The molecule has 0 aromatic heterocycles. The molecule has 2 amide bonds. The molecule has 0 fully saturated rings. The van der Waals surface area contributed by atoms with Crippen LogP contribution in [0, 0.1) is 0 Å². The van der Waals surface area contributed by atoms with Crippen LogP contribution >= 0.6 is 0 Å². The molecule has 0 spiro atoms. The van der Waals surface area contributed by atoms with E-state index in [1.807, 2.05) is 24.3 Å². The number of aliphatic hydroxyl groups is 1. The van der Waals surface area contributed by atoms with E-state index >= 15 is 0 Å². The van der Waals surface area contributed by atoms with Crippen LogP contribution < -0.4 is 0 Å². The predicted octanol–water partition coefficient (Wildman–Crippen LogP) is 2.60. The van der Waals surface area contributed by atoms with Gasteiger partial charge >= 0.3 is 0 Å². The SMILES string of the molecule is CC(O)CC(C)N1C(=O)c2cccc3cccc(c23)C1=O. The quantitative estimate of drug-likeness (QED) is 0.881. The van der Waals surface area contributed by atoms with Crippen molar-refractivity contribution in [1.29, 1.82) is 0 Å². The third kappa shape index (κ3) is 2.12.